The van der Waals surface area contributed by atoms with Crippen LogP contribution in [0.3, 0.4) is 0 Å². The zero-order chi connectivity index (χ0) is 16.3. The standard InChI is InChI=1S/C14H20N2O5S/c1-22(20,21)12-5-6-13(14(10-12)16(18)19)15-8-3-2-4-11(15)7-9-17/h5-6,10-11,17H,2-4,7-9H2,1H3. The molecule has 0 saturated carbocycles. The summed E-state index contributed by atoms with van der Waals surface area (Å²) in [5.41, 5.74) is 0.225. The fraction of sp³-hybridized carbons (Fsp3) is 0.571. The van der Waals surface area contributed by atoms with Crippen LogP contribution < -0.4 is 4.90 Å². The monoisotopic (exact) mass is 328 g/mol. The van der Waals surface area contributed by atoms with Crippen molar-refractivity contribution < 1.29 is 18.4 Å². The van der Waals surface area contributed by atoms with Gasteiger partial charge in [0.2, 0.25) is 0 Å². The zero-order valence-corrected chi connectivity index (χ0v) is 13.3. The van der Waals surface area contributed by atoms with Crippen molar-refractivity contribution in [3.8, 4) is 0 Å². The predicted octanol–water partition coefficient (Wildman–Crippen LogP) is 1.74. The van der Waals surface area contributed by atoms with Crippen LogP contribution in [0.25, 0.3) is 0 Å². The summed E-state index contributed by atoms with van der Waals surface area (Å²) < 4.78 is 23.2. The molecule has 0 spiro atoms. The average molecular weight is 328 g/mol. The maximum absolute atomic E-state index is 11.6. The minimum atomic E-state index is -3.49. The third-order valence-electron chi connectivity index (χ3n) is 3.97. The van der Waals surface area contributed by atoms with E-state index in [1.54, 1.807) is 0 Å². The molecule has 1 N–H and O–H groups in total. The van der Waals surface area contributed by atoms with Gasteiger partial charge in [0.05, 0.1) is 9.82 Å². The SMILES string of the molecule is CS(=O)(=O)c1ccc(N2CCCCC2CCO)c([N+](=O)[O-])c1. The summed E-state index contributed by atoms with van der Waals surface area (Å²) in [5.74, 6) is 0. The lowest BCUT2D eigenvalue weighted by atomic mass is 9.98. The van der Waals surface area contributed by atoms with Crippen molar-refractivity contribution in [2.24, 2.45) is 0 Å². The first-order valence-electron chi connectivity index (χ1n) is 7.20. The van der Waals surface area contributed by atoms with Crippen molar-refractivity contribution >= 4 is 21.2 Å². The number of hydrogen-bond donors (Lipinski definition) is 1. The van der Waals surface area contributed by atoms with Gasteiger partial charge in [0.25, 0.3) is 5.69 Å². The van der Waals surface area contributed by atoms with Crippen LogP contribution in [0.15, 0.2) is 23.1 Å². The van der Waals surface area contributed by atoms with Gasteiger partial charge in [-0.05, 0) is 37.8 Å². The van der Waals surface area contributed by atoms with Crippen LogP contribution in [-0.4, -0.2) is 43.9 Å². The Labute approximate surface area is 129 Å². The van der Waals surface area contributed by atoms with Gasteiger partial charge in [0.15, 0.2) is 9.84 Å². The summed E-state index contributed by atoms with van der Waals surface area (Å²) in [7, 11) is -3.49. The number of aliphatic hydroxyl groups is 1. The van der Waals surface area contributed by atoms with Crippen molar-refractivity contribution in [2.45, 2.75) is 36.6 Å². The van der Waals surface area contributed by atoms with Gasteiger partial charge in [-0.2, -0.15) is 0 Å². The van der Waals surface area contributed by atoms with Gasteiger partial charge < -0.3 is 10.0 Å². The number of benzene rings is 1. The van der Waals surface area contributed by atoms with Crippen molar-refractivity contribution in [3.05, 3.63) is 28.3 Å². The number of sulfone groups is 1. The van der Waals surface area contributed by atoms with Gasteiger partial charge in [-0.15, -0.1) is 0 Å². The molecule has 1 aliphatic heterocycles. The lowest BCUT2D eigenvalue weighted by Crippen LogP contribution is -2.40. The molecule has 122 valence electrons. The average Bonchev–Trinajstić information content (AvgIpc) is 2.46. The lowest BCUT2D eigenvalue weighted by Gasteiger charge is -2.37. The first-order chi connectivity index (χ1) is 10.3. The number of anilines is 1. The highest BCUT2D eigenvalue weighted by atomic mass is 32.2. The van der Waals surface area contributed by atoms with E-state index in [1.165, 1.54) is 12.1 Å². The van der Waals surface area contributed by atoms with Crippen molar-refractivity contribution in [2.75, 3.05) is 24.3 Å². The Morgan fingerprint density at radius 1 is 1.41 bits per heavy atom. The second-order valence-corrected chi connectivity index (χ2v) is 7.55. The van der Waals surface area contributed by atoms with E-state index in [9.17, 15) is 23.6 Å². The summed E-state index contributed by atoms with van der Waals surface area (Å²) in [4.78, 5) is 12.7. The Hall–Kier alpha value is -1.67. The second-order valence-electron chi connectivity index (χ2n) is 5.54. The molecule has 1 heterocycles. The molecule has 0 radical (unpaired) electrons. The van der Waals surface area contributed by atoms with Gasteiger partial charge in [-0.25, -0.2) is 8.42 Å². The number of nitro benzene ring substituents is 1. The van der Waals surface area contributed by atoms with Crippen LogP contribution in [0.5, 0.6) is 0 Å². The Morgan fingerprint density at radius 2 is 2.14 bits per heavy atom. The van der Waals surface area contributed by atoms with E-state index >= 15 is 0 Å². The molecule has 1 saturated heterocycles. The molecular formula is C14H20N2O5S. The quantitative estimate of drug-likeness (QED) is 0.652. The number of piperidine rings is 1. The highest BCUT2D eigenvalue weighted by Gasteiger charge is 2.28. The molecule has 1 aromatic carbocycles. The Morgan fingerprint density at radius 3 is 2.73 bits per heavy atom. The molecule has 8 heteroatoms. The Kier molecular flexibility index (Phi) is 5.02. The highest BCUT2D eigenvalue weighted by molar-refractivity contribution is 7.90. The van der Waals surface area contributed by atoms with Crippen LogP contribution in [-0.2, 0) is 9.84 Å². The van der Waals surface area contributed by atoms with Crippen molar-refractivity contribution in [3.63, 3.8) is 0 Å². The third-order valence-corrected chi connectivity index (χ3v) is 5.08. The smallest absolute Gasteiger partial charge is 0.293 e. The summed E-state index contributed by atoms with van der Waals surface area (Å²) in [5, 5.41) is 20.5. The van der Waals surface area contributed by atoms with E-state index in [1.807, 2.05) is 4.90 Å². The van der Waals surface area contributed by atoms with Crippen LogP contribution in [0.4, 0.5) is 11.4 Å². The minimum Gasteiger partial charge on any atom is -0.396 e. The molecule has 1 unspecified atom stereocenters. The zero-order valence-electron chi connectivity index (χ0n) is 12.4. The van der Waals surface area contributed by atoms with Gasteiger partial charge in [0, 0.05) is 31.5 Å². The van der Waals surface area contributed by atoms with Crippen LogP contribution in [0.1, 0.15) is 25.7 Å². The van der Waals surface area contributed by atoms with E-state index in [0.717, 1.165) is 31.6 Å². The normalized spacial score (nSPS) is 19.2. The fourth-order valence-corrected chi connectivity index (χ4v) is 3.53. The summed E-state index contributed by atoms with van der Waals surface area (Å²) in [6.45, 7) is 0.695. The fourth-order valence-electron chi connectivity index (χ4n) is 2.89. The first-order valence-corrected chi connectivity index (χ1v) is 9.09. The largest absolute Gasteiger partial charge is 0.396 e. The van der Waals surface area contributed by atoms with E-state index in [0.29, 0.717) is 18.7 Å². The van der Waals surface area contributed by atoms with Gasteiger partial charge >= 0.3 is 0 Å². The molecule has 1 atom stereocenters. The number of hydrogen-bond acceptors (Lipinski definition) is 6. The van der Waals surface area contributed by atoms with Gasteiger partial charge in [-0.1, -0.05) is 0 Å². The van der Waals surface area contributed by atoms with E-state index in [2.05, 4.69) is 0 Å². The molecule has 1 aliphatic rings. The number of aliphatic hydroxyl groups excluding tert-OH is 1. The molecule has 0 bridgehead atoms. The van der Waals surface area contributed by atoms with E-state index in [-0.39, 0.29) is 23.2 Å². The number of rotatable bonds is 5. The van der Waals surface area contributed by atoms with Crippen LogP contribution >= 0.6 is 0 Å². The summed E-state index contributed by atoms with van der Waals surface area (Å²) in [6.07, 6.45) is 4.39. The number of nitro groups is 1. The van der Waals surface area contributed by atoms with Gasteiger partial charge in [0.1, 0.15) is 5.69 Å². The molecule has 0 aromatic heterocycles. The Balaban J connectivity index is 2.47. The first kappa shape index (κ1) is 16.7. The highest BCUT2D eigenvalue weighted by Crippen LogP contribution is 2.35. The van der Waals surface area contributed by atoms with E-state index in [4.69, 9.17) is 0 Å². The molecule has 7 nitrogen and oxygen atoms in total. The lowest BCUT2D eigenvalue weighted by molar-refractivity contribution is -0.384. The summed E-state index contributed by atoms with van der Waals surface area (Å²) >= 11 is 0. The molecule has 0 aliphatic carbocycles. The topological polar surface area (TPSA) is 101 Å². The number of nitrogens with zero attached hydrogens (tertiary/aromatic N) is 2. The van der Waals surface area contributed by atoms with Crippen LogP contribution in [0.2, 0.25) is 0 Å². The molecule has 0 amide bonds. The molecular weight excluding hydrogens is 308 g/mol. The van der Waals surface area contributed by atoms with E-state index < -0.39 is 14.8 Å². The summed E-state index contributed by atoms with van der Waals surface area (Å²) in [6, 6.07) is 4.07. The molecule has 1 fully saturated rings. The predicted molar refractivity (Wildman–Crippen MR) is 82.9 cm³/mol. The Bertz CT molecular complexity index is 657. The van der Waals surface area contributed by atoms with Gasteiger partial charge in [-0.3, -0.25) is 10.1 Å². The molecule has 1 aromatic rings. The van der Waals surface area contributed by atoms with Crippen molar-refractivity contribution in [1.82, 2.24) is 0 Å². The molecule has 2 rings (SSSR count). The van der Waals surface area contributed by atoms with Crippen LogP contribution in [0, 0.1) is 10.1 Å². The maximum Gasteiger partial charge on any atom is 0.293 e. The maximum atomic E-state index is 11.6. The molecule has 22 heavy (non-hydrogen) atoms. The second kappa shape index (κ2) is 6.62. The minimum absolute atomic E-state index is 0.0242. The third kappa shape index (κ3) is 3.56. The van der Waals surface area contributed by atoms with Crippen molar-refractivity contribution in [1.29, 1.82) is 0 Å².